The highest BCUT2D eigenvalue weighted by Gasteiger charge is 2.32. The van der Waals surface area contributed by atoms with Gasteiger partial charge in [-0.1, -0.05) is 77.6 Å². The molecule has 49 heavy (non-hydrogen) atoms. The number of rotatable bonds is 19. The quantitative estimate of drug-likeness (QED) is 0.0998. The number of hydrogen-bond donors (Lipinski definition) is 2. The number of fused-ring (bicyclic) bond motifs is 2. The molecule has 2 aromatic heterocycles. The minimum Gasteiger partial charge on any atom is -0.465 e. The molecule has 4 rings (SSSR count). The minimum absolute atomic E-state index is 0.124. The highest BCUT2D eigenvalue weighted by molar-refractivity contribution is 5.77. The lowest BCUT2D eigenvalue weighted by molar-refractivity contribution is -0.153. The molecule has 2 N–H and O–H groups in total. The van der Waals surface area contributed by atoms with E-state index in [9.17, 15) is 24.0 Å². The van der Waals surface area contributed by atoms with Crippen LogP contribution in [0.25, 0.3) is 21.8 Å². The molecule has 0 fully saturated rings. The maximum Gasteiger partial charge on any atom is 0.328 e. The zero-order valence-electron chi connectivity index (χ0n) is 29.6. The topological polar surface area (TPSA) is 139 Å². The molecular weight excluding hydrogens is 622 g/mol. The normalized spacial score (nSPS) is 12.6. The number of nitrogens with zero attached hydrogens (tertiary/aromatic N) is 3. The molecule has 2 heterocycles. The molecule has 11 nitrogen and oxygen atoms in total. The zero-order valence-corrected chi connectivity index (χ0v) is 29.6. The Balaban J connectivity index is 1.27. The molecule has 4 aromatic rings. The van der Waals surface area contributed by atoms with Gasteiger partial charge in [-0.15, -0.1) is 0 Å². The molecule has 0 saturated carbocycles. The summed E-state index contributed by atoms with van der Waals surface area (Å²) >= 11 is 0. The van der Waals surface area contributed by atoms with Gasteiger partial charge in [-0.25, -0.2) is 9.59 Å². The van der Waals surface area contributed by atoms with E-state index >= 15 is 0 Å². The lowest BCUT2D eigenvalue weighted by atomic mass is 9.78. The maximum absolute atomic E-state index is 13.2. The Kier molecular flexibility index (Phi) is 13.8. The molecule has 0 bridgehead atoms. The van der Waals surface area contributed by atoms with Crippen LogP contribution in [-0.4, -0.2) is 56.2 Å². The van der Waals surface area contributed by atoms with Crippen LogP contribution < -0.4 is 22.5 Å². The van der Waals surface area contributed by atoms with Crippen LogP contribution in [0.5, 0.6) is 0 Å². The van der Waals surface area contributed by atoms with Crippen molar-refractivity contribution in [1.29, 1.82) is 0 Å². The van der Waals surface area contributed by atoms with Crippen LogP contribution in [0, 0.1) is 11.3 Å². The van der Waals surface area contributed by atoms with E-state index in [1.54, 1.807) is 48.5 Å². The third kappa shape index (κ3) is 10.4. The van der Waals surface area contributed by atoms with Crippen molar-refractivity contribution in [2.24, 2.45) is 11.3 Å². The van der Waals surface area contributed by atoms with Crippen molar-refractivity contribution in [3.8, 4) is 0 Å². The van der Waals surface area contributed by atoms with Crippen LogP contribution in [0.4, 0.5) is 0 Å². The number of aromatic nitrogens is 4. The third-order valence-electron chi connectivity index (χ3n) is 9.28. The minimum atomic E-state index is -0.474. The van der Waals surface area contributed by atoms with Gasteiger partial charge in [-0.05, 0) is 81.4 Å². The van der Waals surface area contributed by atoms with Gasteiger partial charge in [0, 0.05) is 13.1 Å². The van der Waals surface area contributed by atoms with Gasteiger partial charge in [-0.3, -0.25) is 23.5 Å². The number of nitrogens with one attached hydrogen (secondary N) is 2. The molecule has 0 aliphatic carbocycles. The van der Waals surface area contributed by atoms with Gasteiger partial charge < -0.3 is 19.6 Å². The number of carbonyl (C=O) groups excluding carboxylic acids is 1. The predicted octanol–water partition coefficient (Wildman–Crippen LogP) is 5.43. The number of para-hydroxylation sites is 2. The molecule has 11 heteroatoms. The van der Waals surface area contributed by atoms with Crippen LogP contribution in [0.3, 0.4) is 0 Å². The van der Waals surface area contributed by atoms with Gasteiger partial charge in [0.15, 0.2) is 0 Å². The molecule has 0 aliphatic rings. The number of unbranched alkanes of at least 4 members (excludes halogenated alkanes) is 4. The Morgan fingerprint density at radius 1 is 0.714 bits per heavy atom. The molecule has 1 atom stereocenters. The molecule has 0 amide bonds. The van der Waals surface area contributed by atoms with Crippen molar-refractivity contribution in [3.63, 3.8) is 0 Å². The monoisotopic (exact) mass is 675 g/mol. The van der Waals surface area contributed by atoms with Gasteiger partial charge in [0.05, 0.1) is 34.3 Å². The SMILES string of the molecule is CCCCCCN(CCCCC(C(=O)OCCCn1c(=O)[nH]c2ccccc2c1=O)C(C)(C)C)CCCn1c(=O)[nH]c2ccccc2c1=O. The summed E-state index contributed by atoms with van der Waals surface area (Å²) in [5.41, 5.74) is -0.698. The smallest absolute Gasteiger partial charge is 0.328 e. The van der Waals surface area contributed by atoms with E-state index in [0.29, 0.717) is 47.6 Å². The Labute approximate surface area is 287 Å². The summed E-state index contributed by atoms with van der Waals surface area (Å²) in [6, 6.07) is 14.0. The summed E-state index contributed by atoms with van der Waals surface area (Å²) in [7, 11) is 0. The molecular formula is C38H53N5O6. The molecule has 1 unspecified atom stereocenters. The van der Waals surface area contributed by atoms with E-state index in [0.717, 1.165) is 49.9 Å². The van der Waals surface area contributed by atoms with E-state index in [-0.39, 0.29) is 47.3 Å². The molecule has 0 spiro atoms. The van der Waals surface area contributed by atoms with Crippen molar-refractivity contribution in [2.45, 2.75) is 98.6 Å². The fraction of sp³-hybridized carbons (Fsp3) is 0.553. The van der Waals surface area contributed by atoms with E-state index in [4.69, 9.17) is 4.74 Å². The highest BCUT2D eigenvalue weighted by atomic mass is 16.5. The van der Waals surface area contributed by atoms with Crippen molar-refractivity contribution in [1.82, 2.24) is 24.0 Å². The number of aromatic amines is 2. The summed E-state index contributed by atoms with van der Waals surface area (Å²) in [4.78, 5) is 72.1. The number of benzene rings is 2. The average Bonchev–Trinajstić information content (AvgIpc) is 3.06. The lowest BCUT2D eigenvalue weighted by Crippen LogP contribution is -2.36. The first-order valence-electron chi connectivity index (χ1n) is 17.8. The first-order chi connectivity index (χ1) is 23.5. The van der Waals surface area contributed by atoms with Crippen LogP contribution in [0.2, 0.25) is 0 Å². The lowest BCUT2D eigenvalue weighted by Gasteiger charge is -2.29. The number of ether oxygens (including phenoxy) is 1. The fourth-order valence-corrected chi connectivity index (χ4v) is 6.44. The van der Waals surface area contributed by atoms with E-state index in [1.165, 1.54) is 17.4 Å². The molecule has 0 saturated heterocycles. The molecule has 266 valence electrons. The van der Waals surface area contributed by atoms with Gasteiger partial charge in [0.25, 0.3) is 11.1 Å². The van der Waals surface area contributed by atoms with E-state index < -0.39 is 5.69 Å². The Morgan fingerprint density at radius 2 is 1.22 bits per heavy atom. The summed E-state index contributed by atoms with van der Waals surface area (Å²) in [5, 5.41) is 0.961. The fourth-order valence-electron chi connectivity index (χ4n) is 6.44. The van der Waals surface area contributed by atoms with Crippen molar-refractivity contribution in [2.75, 3.05) is 26.2 Å². The molecule has 0 aliphatic heterocycles. The van der Waals surface area contributed by atoms with Crippen LogP contribution in [0.15, 0.2) is 67.7 Å². The number of hydrogen-bond acceptors (Lipinski definition) is 7. The average molecular weight is 676 g/mol. The molecule has 2 aromatic carbocycles. The second kappa shape index (κ2) is 17.9. The summed E-state index contributed by atoms with van der Waals surface area (Å²) in [6.07, 6.45) is 8.12. The third-order valence-corrected chi connectivity index (χ3v) is 9.28. The zero-order chi connectivity index (χ0) is 35.4. The number of carbonyl (C=O) groups is 1. The Hall–Kier alpha value is -4.25. The van der Waals surface area contributed by atoms with Gasteiger partial charge >= 0.3 is 17.3 Å². The van der Waals surface area contributed by atoms with Crippen LogP contribution in [0.1, 0.15) is 85.5 Å². The predicted molar refractivity (Wildman–Crippen MR) is 195 cm³/mol. The Morgan fingerprint density at radius 3 is 1.78 bits per heavy atom. The second-order valence-electron chi connectivity index (χ2n) is 14.1. The van der Waals surface area contributed by atoms with E-state index in [2.05, 4.69) is 21.8 Å². The van der Waals surface area contributed by atoms with E-state index in [1.807, 2.05) is 20.8 Å². The summed E-state index contributed by atoms with van der Waals surface area (Å²) < 4.78 is 8.14. The van der Waals surface area contributed by atoms with Crippen molar-refractivity contribution >= 4 is 27.8 Å². The number of esters is 1. The van der Waals surface area contributed by atoms with Gasteiger partial charge in [0.2, 0.25) is 0 Å². The van der Waals surface area contributed by atoms with Crippen molar-refractivity contribution in [3.05, 3.63) is 90.2 Å². The summed E-state index contributed by atoms with van der Waals surface area (Å²) in [6.45, 7) is 11.6. The van der Waals surface area contributed by atoms with Gasteiger partial charge in [-0.2, -0.15) is 0 Å². The molecule has 0 radical (unpaired) electrons. The highest BCUT2D eigenvalue weighted by Crippen LogP contribution is 2.31. The number of H-pyrrole nitrogens is 2. The second-order valence-corrected chi connectivity index (χ2v) is 14.1. The Bertz CT molecular complexity index is 1910. The maximum atomic E-state index is 13.2. The van der Waals surface area contributed by atoms with Gasteiger partial charge in [0.1, 0.15) is 0 Å². The first-order valence-corrected chi connectivity index (χ1v) is 17.8. The van der Waals surface area contributed by atoms with Crippen LogP contribution >= 0.6 is 0 Å². The van der Waals surface area contributed by atoms with Crippen molar-refractivity contribution < 1.29 is 9.53 Å². The van der Waals surface area contributed by atoms with Crippen LogP contribution in [-0.2, 0) is 22.6 Å². The summed E-state index contributed by atoms with van der Waals surface area (Å²) in [5.74, 6) is -0.543. The first kappa shape index (κ1) is 37.6. The largest absolute Gasteiger partial charge is 0.465 e. The standard InChI is InChI=1S/C38H53N5O6/c1-5-6-7-13-22-41(24-15-25-42-33(44)28-17-8-10-20-31(28)39-36(42)47)23-14-12-19-30(38(2,3)4)35(46)49-27-16-26-43-34(45)29-18-9-11-21-32(29)40-37(43)48/h8-11,17-18,20-21,30H,5-7,12-16,19,22-27H2,1-4H3,(H,39,47)(H,40,48).